The Kier molecular flexibility index (Phi) is 4.36. The number of carbonyl (C=O) groups is 1. The molecule has 0 aliphatic rings. The van der Waals surface area contributed by atoms with Gasteiger partial charge in [0.1, 0.15) is 0 Å². The number of non-ortho nitro benzene ring substituents is 1. The zero-order valence-corrected chi connectivity index (χ0v) is 13.4. The van der Waals surface area contributed by atoms with Crippen LogP contribution in [-0.4, -0.2) is 20.4 Å². The molecule has 0 radical (unpaired) electrons. The minimum absolute atomic E-state index is 0.0762. The molecule has 0 unspecified atom stereocenters. The van der Waals surface area contributed by atoms with Gasteiger partial charge >= 0.3 is 12.4 Å². The third kappa shape index (κ3) is 3.28. The summed E-state index contributed by atoms with van der Waals surface area (Å²) in [5.41, 5.74) is -5.10. The lowest BCUT2D eigenvalue weighted by atomic mass is 10.1. The lowest BCUT2D eigenvalue weighted by Crippen LogP contribution is -2.21. The molecule has 0 saturated heterocycles. The topological polar surface area (TPSA) is 78.0 Å². The van der Waals surface area contributed by atoms with Crippen LogP contribution in [0.3, 0.4) is 0 Å². The lowest BCUT2D eigenvalue weighted by Gasteiger charge is -2.11. The van der Waals surface area contributed by atoms with E-state index in [1.54, 1.807) is 0 Å². The average Bonchev–Trinajstić information content (AvgIpc) is 3.00. The Balaban J connectivity index is 2.45. The van der Waals surface area contributed by atoms with E-state index in [4.69, 9.17) is 0 Å². The molecule has 0 spiro atoms. The van der Waals surface area contributed by atoms with Crippen molar-refractivity contribution in [1.29, 1.82) is 0 Å². The minimum atomic E-state index is -5.25. The van der Waals surface area contributed by atoms with Crippen molar-refractivity contribution in [2.45, 2.75) is 12.4 Å². The van der Waals surface area contributed by atoms with Crippen molar-refractivity contribution in [1.82, 2.24) is 9.55 Å². The first-order valence-corrected chi connectivity index (χ1v) is 7.36. The van der Waals surface area contributed by atoms with Crippen molar-refractivity contribution in [3.8, 4) is 0 Å². The fourth-order valence-electron chi connectivity index (χ4n) is 2.57. The number of benzene rings is 2. The van der Waals surface area contributed by atoms with Crippen LogP contribution in [0.2, 0.25) is 0 Å². The third-order valence-electron chi connectivity index (χ3n) is 3.74. The highest BCUT2D eigenvalue weighted by Crippen LogP contribution is 2.39. The van der Waals surface area contributed by atoms with Gasteiger partial charge in [-0.05, 0) is 18.2 Å². The number of halogens is 6. The van der Waals surface area contributed by atoms with E-state index in [0.29, 0.717) is 0 Å². The van der Waals surface area contributed by atoms with Crippen molar-refractivity contribution < 1.29 is 36.1 Å². The van der Waals surface area contributed by atoms with Gasteiger partial charge in [0.05, 0.1) is 16.0 Å². The Morgan fingerprint density at radius 2 is 1.61 bits per heavy atom. The Bertz CT molecular complexity index is 1090. The molecule has 146 valence electrons. The summed E-state index contributed by atoms with van der Waals surface area (Å²) in [6, 6.07) is 6.75. The summed E-state index contributed by atoms with van der Waals surface area (Å²) < 4.78 is 79.4. The highest BCUT2D eigenvalue weighted by molar-refractivity contribution is 6.03. The number of nitro benzene ring substituents is 1. The van der Waals surface area contributed by atoms with Gasteiger partial charge in [-0.15, -0.1) is 0 Å². The van der Waals surface area contributed by atoms with Gasteiger partial charge < -0.3 is 0 Å². The number of imidazole rings is 1. The molecule has 1 heterocycles. The van der Waals surface area contributed by atoms with E-state index in [2.05, 4.69) is 4.98 Å². The SMILES string of the molecule is O=C(c1ccccc1)n1c(C(F)(F)F)nc2c([N+](=O)[O-])cc(C(F)(F)F)cc21. The van der Waals surface area contributed by atoms with Crippen LogP contribution in [0.4, 0.5) is 32.0 Å². The summed E-state index contributed by atoms with van der Waals surface area (Å²) in [5, 5.41) is 11.1. The molecule has 0 bridgehead atoms. The number of carbonyl (C=O) groups excluding carboxylic acids is 1. The molecule has 0 N–H and O–H groups in total. The quantitative estimate of drug-likeness (QED) is 0.354. The third-order valence-corrected chi connectivity index (χ3v) is 3.74. The second-order valence-electron chi connectivity index (χ2n) is 5.56. The standard InChI is InChI=1S/C16H7F6N3O3/c17-15(18,19)9-6-10-12(11(7-9)25(27)28)23-14(16(20,21)22)24(10)13(26)8-4-2-1-3-5-8/h1-7H. The van der Waals surface area contributed by atoms with Crippen LogP contribution in [-0.2, 0) is 12.4 Å². The highest BCUT2D eigenvalue weighted by atomic mass is 19.4. The van der Waals surface area contributed by atoms with Gasteiger partial charge in [-0.3, -0.25) is 19.5 Å². The second-order valence-corrected chi connectivity index (χ2v) is 5.56. The van der Waals surface area contributed by atoms with Gasteiger partial charge in [0.15, 0.2) is 5.52 Å². The monoisotopic (exact) mass is 403 g/mol. The number of rotatable bonds is 2. The molecule has 3 rings (SSSR count). The Morgan fingerprint density at radius 3 is 2.11 bits per heavy atom. The summed E-state index contributed by atoms with van der Waals surface area (Å²) in [6.45, 7) is 0. The summed E-state index contributed by atoms with van der Waals surface area (Å²) in [4.78, 5) is 25.5. The molecule has 0 fully saturated rings. The first-order valence-electron chi connectivity index (χ1n) is 7.36. The van der Waals surface area contributed by atoms with E-state index in [0.717, 1.165) is 12.1 Å². The van der Waals surface area contributed by atoms with Crippen molar-refractivity contribution in [2.24, 2.45) is 0 Å². The van der Waals surface area contributed by atoms with Crippen molar-refractivity contribution in [3.05, 3.63) is 69.5 Å². The van der Waals surface area contributed by atoms with Crippen molar-refractivity contribution in [3.63, 3.8) is 0 Å². The predicted octanol–water partition coefficient (Wildman–Crippen LogP) is 4.67. The zero-order valence-electron chi connectivity index (χ0n) is 13.4. The van der Waals surface area contributed by atoms with Crippen LogP contribution in [0.15, 0.2) is 42.5 Å². The molecule has 3 aromatic rings. The van der Waals surface area contributed by atoms with Crippen LogP contribution >= 0.6 is 0 Å². The van der Waals surface area contributed by atoms with E-state index >= 15 is 0 Å². The number of fused-ring (bicyclic) bond motifs is 1. The van der Waals surface area contributed by atoms with Crippen LogP contribution in [0.25, 0.3) is 11.0 Å². The van der Waals surface area contributed by atoms with Gasteiger partial charge in [-0.25, -0.2) is 4.98 Å². The molecule has 2 aromatic carbocycles. The van der Waals surface area contributed by atoms with E-state index < -0.39 is 51.3 Å². The van der Waals surface area contributed by atoms with Crippen molar-refractivity contribution >= 4 is 22.6 Å². The molecule has 12 heteroatoms. The summed E-state index contributed by atoms with van der Waals surface area (Å²) in [5.74, 6) is -3.19. The summed E-state index contributed by atoms with van der Waals surface area (Å²) in [6.07, 6.45) is -10.3. The highest BCUT2D eigenvalue weighted by Gasteiger charge is 2.42. The first-order chi connectivity index (χ1) is 12.9. The maximum Gasteiger partial charge on any atom is 0.450 e. The van der Waals surface area contributed by atoms with Crippen molar-refractivity contribution in [2.75, 3.05) is 0 Å². The van der Waals surface area contributed by atoms with E-state index in [1.807, 2.05) is 0 Å². The predicted molar refractivity (Wildman–Crippen MR) is 82.6 cm³/mol. The minimum Gasteiger partial charge on any atom is -0.268 e. The zero-order chi connectivity index (χ0) is 20.9. The number of nitro groups is 1. The maximum absolute atomic E-state index is 13.4. The second kappa shape index (κ2) is 6.32. The number of alkyl halides is 6. The smallest absolute Gasteiger partial charge is 0.268 e. The van der Waals surface area contributed by atoms with Gasteiger partial charge in [0.2, 0.25) is 5.82 Å². The largest absolute Gasteiger partial charge is 0.450 e. The fourth-order valence-corrected chi connectivity index (χ4v) is 2.57. The maximum atomic E-state index is 13.4. The normalized spacial score (nSPS) is 12.4. The van der Waals surface area contributed by atoms with Gasteiger partial charge in [0.25, 0.3) is 11.6 Å². The lowest BCUT2D eigenvalue weighted by molar-refractivity contribution is -0.383. The molecule has 0 aliphatic heterocycles. The summed E-state index contributed by atoms with van der Waals surface area (Å²) >= 11 is 0. The Hall–Kier alpha value is -3.44. The van der Waals surface area contributed by atoms with E-state index in [9.17, 15) is 41.3 Å². The van der Waals surface area contributed by atoms with Gasteiger partial charge in [0, 0.05) is 11.6 Å². The fraction of sp³-hybridized carbons (Fsp3) is 0.125. The first kappa shape index (κ1) is 19.3. The average molecular weight is 403 g/mol. The molecular weight excluding hydrogens is 396 g/mol. The van der Waals surface area contributed by atoms with E-state index in [-0.39, 0.29) is 22.3 Å². The molecule has 1 aromatic heterocycles. The number of hydrogen-bond donors (Lipinski definition) is 0. The van der Waals surface area contributed by atoms with Crippen LogP contribution in [0, 0.1) is 10.1 Å². The number of hydrogen-bond acceptors (Lipinski definition) is 4. The summed E-state index contributed by atoms with van der Waals surface area (Å²) in [7, 11) is 0. The molecule has 0 atom stereocenters. The van der Waals surface area contributed by atoms with Crippen LogP contribution in [0.1, 0.15) is 21.7 Å². The van der Waals surface area contributed by atoms with Crippen LogP contribution < -0.4 is 0 Å². The molecule has 0 amide bonds. The van der Waals surface area contributed by atoms with E-state index in [1.165, 1.54) is 18.2 Å². The molecule has 0 saturated carbocycles. The molecule has 0 aliphatic carbocycles. The van der Waals surface area contributed by atoms with Gasteiger partial charge in [-0.2, -0.15) is 26.3 Å². The Labute approximate surface area is 151 Å². The number of aromatic nitrogens is 2. The Morgan fingerprint density at radius 1 is 1.00 bits per heavy atom. The van der Waals surface area contributed by atoms with Crippen LogP contribution in [0.5, 0.6) is 0 Å². The molecular formula is C16H7F6N3O3. The molecule has 28 heavy (non-hydrogen) atoms. The number of nitrogens with zero attached hydrogens (tertiary/aromatic N) is 3. The molecule has 6 nitrogen and oxygen atoms in total. The van der Waals surface area contributed by atoms with Gasteiger partial charge in [-0.1, -0.05) is 18.2 Å².